The second-order valence-electron chi connectivity index (χ2n) is 14.5. The molecule has 2 amide bonds. The Balaban J connectivity index is 0.000000297. The van der Waals surface area contributed by atoms with E-state index < -0.39 is 72.7 Å². The number of carboxylic acid groups (broad SMARTS) is 6. The Morgan fingerprint density at radius 3 is 1.59 bits per heavy atom. The molecule has 3 aliphatic heterocycles. The molecule has 0 aliphatic carbocycles. The minimum absolute atomic E-state index is 0.0527. The molecule has 59 heavy (non-hydrogen) atoms. The van der Waals surface area contributed by atoms with E-state index in [1.165, 1.54) is 31.5 Å². The Bertz CT molecular complexity index is 1760. The SMILES string of the molecule is O=C(O)CC(O)(CC(=O)O)C(=O)O.O=C(O)CC(O)(CC(=O)O)C(=O)O.O=C1CCc2cc(C(=O)N3CCN(CCC(c4ccccc4)N4CCCC4)CC3)ccc2N1. The second-order valence-corrected chi connectivity index (χ2v) is 14.5. The zero-order valence-electron chi connectivity index (χ0n) is 32.2. The zero-order valence-corrected chi connectivity index (χ0v) is 32.2. The van der Waals surface area contributed by atoms with Gasteiger partial charge in [0.25, 0.3) is 5.91 Å². The molecule has 20 heteroatoms. The van der Waals surface area contributed by atoms with Crippen molar-refractivity contribution in [3.63, 3.8) is 0 Å². The minimum Gasteiger partial charge on any atom is -0.481 e. The fraction of sp³-hybridized carbons (Fsp3) is 0.487. The highest BCUT2D eigenvalue weighted by Gasteiger charge is 2.41. The first kappa shape index (κ1) is 47.4. The fourth-order valence-corrected chi connectivity index (χ4v) is 6.90. The van der Waals surface area contributed by atoms with Gasteiger partial charge in [0, 0.05) is 56.4 Å². The molecule has 0 radical (unpaired) electrons. The van der Waals surface area contributed by atoms with E-state index in [-0.39, 0.29) is 11.8 Å². The van der Waals surface area contributed by atoms with Crippen LogP contribution in [0.1, 0.15) is 78.9 Å². The largest absolute Gasteiger partial charge is 0.481 e. The minimum atomic E-state index is -2.74. The molecule has 0 spiro atoms. The number of carbonyl (C=O) groups excluding carboxylic acids is 2. The van der Waals surface area contributed by atoms with Crippen LogP contribution in [0.4, 0.5) is 5.69 Å². The highest BCUT2D eigenvalue weighted by molar-refractivity contribution is 5.98. The van der Waals surface area contributed by atoms with Crippen molar-refractivity contribution in [1.82, 2.24) is 14.7 Å². The third kappa shape index (κ3) is 14.7. The van der Waals surface area contributed by atoms with Crippen molar-refractivity contribution >= 4 is 53.3 Å². The molecular formula is C39H50N4O16. The Morgan fingerprint density at radius 1 is 0.644 bits per heavy atom. The van der Waals surface area contributed by atoms with E-state index in [2.05, 4.69) is 45.4 Å². The zero-order chi connectivity index (χ0) is 43.9. The summed E-state index contributed by atoms with van der Waals surface area (Å²) in [4.78, 5) is 92.8. The van der Waals surface area contributed by atoms with E-state index in [4.69, 9.17) is 40.9 Å². The maximum Gasteiger partial charge on any atom is 0.336 e. The lowest BCUT2D eigenvalue weighted by Gasteiger charge is -2.36. The molecular weight excluding hydrogens is 780 g/mol. The predicted octanol–water partition coefficient (Wildman–Crippen LogP) is 1.06. The van der Waals surface area contributed by atoms with E-state index in [1.54, 1.807) is 0 Å². The molecule has 9 N–H and O–H groups in total. The Morgan fingerprint density at radius 2 is 1.14 bits per heavy atom. The van der Waals surface area contributed by atoms with Crippen molar-refractivity contribution in [3.8, 4) is 0 Å². The van der Waals surface area contributed by atoms with E-state index >= 15 is 0 Å². The first-order chi connectivity index (χ1) is 27.7. The summed E-state index contributed by atoms with van der Waals surface area (Å²) >= 11 is 0. The van der Waals surface area contributed by atoms with Gasteiger partial charge < -0.3 is 51.1 Å². The van der Waals surface area contributed by atoms with E-state index in [1.807, 2.05) is 23.1 Å². The molecule has 20 nitrogen and oxygen atoms in total. The quantitative estimate of drug-likeness (QED) is 0.114. The number of aryl methyl sites for hydroxylation is 1. The molecule has 0 bridgehead atoms. The fourth-order valence-electron chi connectivity index (χ4n) is 6.90. The summed E-state index contributed by atoms with van der Waals surface area (Å²) < 4.78 is 0. The highest BCUT2D eigenvalue weighted by atomic mass is 16.4. The number of likely N-dealkylation sites (tertiary alicyclic amines) is 1. The van der Waals surface area contributed by atoms with Crippen LogP contribution < -0.4 is 5.32 Å². The number of carbonyl (C=O) groups is 8. The highest BCUT2D eigenvalue weighted by Crippen LogP contribution is 2.29. The van der Waals surface area contributed by atoms with Crippen LogP contribution in [-0.4, -0.2) is 160 Å². The van der Waals surface area contributed by atoms with Crippen LogP contribution in [0.25, 0.3) is 0 Å². The third-order valence-electron chi connectivity index (χ3n) is 9.96. The first-order valence-corrected chi connectivity index (χ1v) is 18.7. The summed E-state index contributed by atoms with van der Waals surface area (Å²) in [5.41, 5.74) is -1.41. The van der Waals surface area contributed by atoms with Gasteiger partial charge in [-0.05, 0) is 68.1 Å². The van der Waals surface area contributed by atoms with Gasteiger partial charge in [0.05, 0.1) is 25.7 Å². The topological polar surface area (TPSA) is 320 Å². The number of nitrogens with one attached hydrogen (secondary N) is 1. The monoisotopic (exact) mass is 830 g/mol. The summed E-state index contributed by atoms with van der Waals surface area (Å²) in [6.07, 6.45) is 0.361. The molecule has 1 unspecified atom stereocenters. The number of aliphatic hydroxyl groups is 2. The van der Waals surface area contributed by atoms with Gasteiger partial charge in [-0.3, -0.25) is 38.6 Å². The predicted molar refractivity (Wildman–Crippen MR) is 205 cm³/mol. The van der Waals surface area contributed by atoms with Crippen molar-refractivity contribution in [2.45, 2.75) is 75.0 Å². The number of fused-ring (bicyclic) bond motifs is 1. The maximum absolute atomic E-state index is 13.1. The van der Waals surface area contributed by atoms with Crippen molar-refractivity contribution in [1.29, 1.82) is 0 Å². The van der Waals surface area contributed by atoms with Gasteiger partial charge in [0.2, 0.25) is 5.91 Å². The summed E-state index contributed by atoms with van der Waals surface area (Å²) in [7, 11) is 0. The lowest BCUT2D eigenvalue weighted by molar-refractivity contribution is -0.170. The molecule has 1 atom stereocenters. The van der Waals surface area contributed by atoms with Crippen molar-refractivity contribution in [2.75, 3.05) is 51.1 Å². The number of hydrogen-bond acceptors (Lipinski definition) is 12. The molecule has 2 aromatic rings. The molecule has 2 aromatic carbocycles. The number of piperazine rings is 1. The van der Waals surface area contributed by atoms with Crippen molar-refractivity contribution in [2.24, 2.45) is 0 Å². The van der Waals surface area contributed by atoms with Crippen LogP contribution in [0.3, 0.4) is 0 Å². The number of benzene rings is 2. The molecule has 2 saturated heterocycles. The van der Waals surface area contributed by atoms with Crippen LogP contribution in [0, 0.1) is 0 Å². The molecule has 3 aliphatic rings. The summed E-state index contributed by atoms with van der Waals surface area (Å²) in [5.74, 6) is -9.88. The number of hydrogen-bond donors (Lipinski definition) is 9. The van der Waals surface area contributed by atoms with Crippen LogP contribution in [0.5, 0.6) is 0 Å². The van der Waals surface area contributed by atoms with E-state index in [0.29, 0.717) is 18.9 Å². The number of anilines is 1. The summed E-state index contributed by atoms with van der Waals surface area (Å²) in [6.45, 7) is 6.86. The standard InChI is InChI=1S/C27H34N4O2.2C6H8O7/c32-26-11-9-22-20-23(8-10-24(22)28-26)27(33)31-18-16-29(17-19-31)15-12-25(30-13-4-5-14-30)21-6-2-1-3-7-21;2*7-3(8)1-6(13,5(11)12)2-4(9)10/h1-3,6-8,10,20,25H,4-5,9,11-19H2,(H,28,32);2*13H,1-2H2,(H,7,8)(H,9,10)(H,11,12). The number of amides is 2. The van der Waals surface area contributed by atoms with Gasteiger partial charge in [-0.1, -0.05) is 30.3 Å². The maximum atomic E-state index is 13.1. The van der Waals surface area contributed by atoms with Gasteiger partial charge >= 0.3 is 35.8 Å². The second kappa shape index (κ2) is 21.7. The molecule has 5 rings (SSSR count). The van der Waals surface area contributed by atoms with Gasteiger partial charge in [0.15, 0.2) is 11.2 Å². The molecule has 3 heterocycles. The molecule has 322 valence electrons. The van der Waals surface area contributed by atoms with E-state index in [9.17, 15) is 38.4 Å². The summed E-state index contributed by atoms with van der Waals surface area (Å²) in [5, 5.41) is 70.5. The average Bonchev–Trinajstić information content (AvgIpc) is 3.69. The number of nitrogens with zero attached hydrogens (tertiary/aromatic N) is 3. The van der Waals surface area contributed by atoms with Gasteiger partial charge in [-0.2, -0.15) is 0 Å². The molecule has 0 aromatic heterocycles. The van der Waals surface area contributed by atoms with Crippen molar-refractivity contribution in [3.05, 3.63) is 65.2 Å². The molecule has 0 saturated carbocycles. The van der Waals surface area contributed by atoms with Gasteiger partial charge in [-0.25, -0.2) is 9.59 Å². The Labute approximate surface area is 338 Å². The Kier molecular flexibility index (Phi) is 17.4. The summed E-state index contributed by atoms with van der Waals surface area (Å²) in [6, 6.07) is 17.1. The van der Waals surface area contributed by atoms with Gasteiger partial charge in [-0.15, -0.1) is 0 Å². The van der Waals surface area contributed by atoms with Gasteiger partial charge in [0.1, 0.15) is 0 Å². The van der Waals surface area contributed by atoms with Crippen LogP contribution in [0.2, 0.25) is 0 Å². The van der Waals surface area contributed by atoms with Crippen LogP contribution >= 0.6 is 0 Å². The smallest absolute Gasteiger partial charge is 0.336 e. The molecule has 2 fully saturated rings. The Hall–Kier alpha value is -5.96. The lowest BCUT2D eigenvalue weighted by atomic mass is 9.96. The first-order valence-electron chi connectivity index (χ1n) is 18.7. The normalized spacial score (nSPS) is 16.2. The number of aliphatic carboxylic acids is 6. The van der Waals surface area contributed by atoms with Crippen LogP contribution in [0.15, 0.2) is 48.5 Å². The van der Waals surface area contributed by atoms with Crippen molar-refractivity contribution < 1.29 is 79.2 Å². The van der Waals surface area contributed by atoms with Crippen LogP contribution in [-0.2, 0) is 40.0 Å². The lowest BCUT2D eigenvalue weighted by Crippen LogP contribution is -2.49. The third-order valence-corrected chi connectivity index (χ3v) is 9.96. The average molecular weight is 831 g/mol. The number of rotatable bonds is 16. The van der Waals surface area contributed by atoms with E-state index in [0.717, 1.165) is 56.0 Å². The number of carboxylic acids is 6.